The van der Waals surface area contributed by atoms with Crippen molar-refractivity contribution in [2.45, 2.75) is 32.2 Å². The average Bonchev–Trinajstić information content (AvgIpc) is 3.31. The quantitative estimate of drug-likeness (QED) is 0.718. The van der Waals surface area contributed by atoms with E-state index in [1.807, 2.05) is 0 Å². The highest BCUT2D eigenvalue weighted by molar-refractivity contribution is 7.14. The van der Waals surface area contributed by atoms with Crippen LogP contribution in [0.4, 0.5) is 5.00 Å². The van der Waals surface area contributed by atoms with Crippen molar-refractivity contribution in [3.8, 4) is 0 Å². The van der Waals surface area contributed by atoms with Gasteiger partial charge in [0.1, 0.15) is 10.8 Å². The zero-order chi connectivity index (χ0) is 18.5. The van der Waals surface area contributed by atoms with Crippen molar-refractivity contribution in [1.82, 2.24) is 5.32 Å². The Balaban J connectivity index is 1.65. The van der Waals surface area contributed by atoms with Crippen LogP contribution in [0.2, 0.25) is 0 Å². The zero-order valence-electron chi connectivity index (χ0n) is 14.1. The van der Waals surface area contributed by atoms with Gasteiger partial charge in [-0.15, -0.1) is 11.3 Å². The predicted molar refractivity (Wildman–Crippen MR) is 95.9 cm³/mol. The third kappa shape index (κ3) is 4.13. The number of carbonyl (C=O) groups excluding carboxylic acids is 2. The molecule has 2 amide bonds. The maximum Gasteiger partial charge on any atom is 0.307 e. The lowest BCUT2D eigenvalue weighted by molar-refractivity contribution is -0.147. The number of hydrogen-bond donors (Lipinski definition) is 3. The summed E-state index contributed by atoms with van der Waals surface area (Å²) < 4.78 is 5.17. The van der Waals surface area contributed by atoms with Crippen molar-refractivity contribution in [2.75, 3.05) is 5.32 Å². The molecule has 0 spiro atoms. The summed E-state index contributed by atoms with van der Waals surface area (Å²) in [7, 11) is 0. The summed E-state index contributed by atoms with van der Waals surface area (Å²) in [5.74, 6) is -2.20. The van der Waals surface area contributed by atoms with E-state index in [0.717, 1.165) is 12.8 Å². The van der Waals surface area contributed by atoms with Crippen molar-refractivity contribution < 1.29 is 23.9 Å². The molecule has 138 valence electrons. The number of carbonyl (C=O) groups is 3. The van der Waals surface area contributed by atoms with Crippen LogP contribution in [0.3, 0.4) is 0 Å². The van der Waals surface area contributed by atoms with E-state index >= 15 is 0 Å². The van der Waals surface area contributed by atoms with Crippen LogP contribution in [0.1, 0.15) is 41.8 Å². The lowest BCUT2D eigenvalue weighted by Crippen LogP contribution is -2.36. The van der Waals surface area contributed by atoms with Crippen molar-refractivity contribution in [2.24, 2.45) is 11.8 Å². The van der Waals surface area contributed by atoms with E-state index < -0.39 is 17.8 Å². The first-order chi connectivity index (χ1) is 12.6. The molecule has 0 radical (unpaired) electrons. The first-order valence-corrected chi connectivity index (χ1v) is 9.36. The molecular formula is C18H20N2O5S. The number of rotatable bonds is 6. The Morgan fingerprint density at radius 3 is 2.65 bits per heavy atom. The van der Waals surface area contributed by atoms with Gasteiger partial charge in [-0.2, -0.15) is 0 Å². The molecule has 2 unspecified atom stereocenters. The van der Waals surface area contributed by atoms with Gasteiger partial charge in [-0.05, 0) is 36.4 Å². The van der Waals surface area contributed by atoms with Gasteiger partial charge in [-0.3, -0.25) is 14.4 Å². The summed E-state index contributed by atoms with van der Waals surface area (Å²) in [6.07, 6.45) is 4.24. The molecule has 2 aromatic rings. The molecule has 1 saturated carbocycles. The number of nitrogens with one attached hydrogen (secondary N) is 2. The second kappa shape index (κ2) is 8.18. The molecule has 2 heterocycles. The molecule has 3 N–H and O–H groups in total. The van der Waals surface area contributed by atoms with Gasteiger partial charge in [0.25, 0.3) is 5.91 Å². The van der Waals surface area contributed by atoms with Crippen LogP contribution in [-0.4, -0.2) is 22.9 Å². The minimum absolute atomic E-state index is 0.249. The Bertz CT molecular complexity index is 783. The van der Waals surface area contributed by atoms with Crippen molar-refractivity contribution in [3.05, 3.63) is 41.2 Å². The number of thiophene rings is 1. The SMILES string of the molecule is O=C(NCc1ccco1)c1ccsc1NC(=O)C1CCCCC1C(=O)O. The van der Waals surface area contributed by atoms with E-state index in [4.69, 9.17) is 4.42 Å². The number of carboxylic acid groups (broad SMARTS) is 1. The maximum atomic E-state index is 12.6. The normalized spacial score (nSPS) is 19.7. The molecule has 3 rings (SSSR count). The lowest BCUT2D eigenvalue weighted by atomic mass is 9.79. The van der Waals surface area contributed by atoms with Gasteiger partial charge in [0.2, 0.25) is 5.91 Å². The van der Waals surface area contributed by atoms with Gasteiger partial charge in [-0.1, -0.05) is 12.8 Å². The summed E-state index contributed by atoms with van der Waals surface area (Å²) in [5.41, 5.74) is 0.359. The fourth-order valence-electron chi connectivity index (χ4n) is 3.21. The summed E-state index contributed by atoms with van der Waals surface area (Å²) in [6, 6.07) is 5.12. The predicted octanol–water partition coefficient (Wildman–Crippen LogP) is 3.10. The molecule has 2 atom stereocenters. The fraction of sp³-hybridized carbons (Fsp3) is 0.389. The number of carboxylic acids is 1. The van der Waals surface area contributed by atoms with Crippen LogP contribution < -0.4 is 10.6 Å². The summed E-state index contributed by atoms with van der Waals surface area (Å²) in [4.78, 5) is 36.3. The van der Waals surface area contributed by atoms with Gasteiger partial charge >= 0.3 is 5.97 Å². The molecule has 1 aliphatic rings. The molecule has 8 heteroatoms. The van der Waals surface area contributed by atoms with E-state index in [9.17, 15) is 19.5 Å². The van der Waals surface area contributed by atoms with Gasteiger partial charge in [0, 0.05) is 0 Å². The molecule has 26 heavy (non-hydrogen) atoms. The second-order valence-electron chi connectivity index (χ2n) is 6.25. The van der Waals surface area contributed by atoms with Gasteiger partial charge < -0.3 is 20.2 Å². The van der Waals surface area contributed by atoms with E-state index in [1.165, 1.54) is 17.6 Å². The third-order valence-electron chi connectivity index (χ3n) is 4.57. The fourth-order valence-corrected chi connectivity index (χ4v) is 3.99. The zero-order valence-corrected chi connectivity index (χ0v) is 14.9. The minimum Gasteiger partial charge on any atom is -0.481 e. The van der Waals surface area contributed by atoms with Crippen LogP contribution in [0.15, 0.2) is 34.3 Å². The van der Waals surface area contributed by atoms with Crippen molar-refractivity contribution >= 4 is 34.1 Å². The van der Waals surface area contributed by atoms with E-state index in [1.54, 1.807) is 23.6 Å². The average molecular weight is 376 g/mol. The van der Waals surface area contributed by atoms with Crippen molar-refractivity contribution in [1.29, 1.82) is 0 Å². The number of furan rings is 1. The number of hydrogen-bond acceptors (Lipinski definition) is 5. The molecule has 0 bridgehead atoms. The number of aliphatic carboxylic acids is 1. The van der Waals surface area contributed by atoms with E-state index in [2.05, 4.69) is 10.6 Å². The second-order valence-corrected chi connectivity index (χ2v) is 7.17. The largest absolute Gasteiger partial charge is 0.481 e. The Morgan fingerprint density at radius 2 is 1.96 bits per heavy atom. The monoisotopic (exact) mass is 376 g/mol. The third-order valence-corrected chi connectivity index (χ3v) is 5.40. The number of amides is 2. The Kier molecular flexibility index (Phi) is 5.72. The van der Waals surface area contributed by atoms with Crippen LogP contribution >= 0.6 is 11.3 Å². The van der Waals surface area contributed by atoms with Gasteiger partial charge in [-0.25, -0.2) is 0 Å². The van der Waals surface area contributed by atoms with Crippen LogP contribution in [0.25, 0.3) is 0 Å². The molecule has 7 nitrogen and oxygen atoms in total. The summed E-state index contributed by atoms with van der Waals surface area (Å²) in [5, 5.41) is 17.0. The Hall–Kier alpha value is -2.61. The highest BCUT2D eigenvalue weighted by Gasteiger charge is 2.36. The Morgan fingerprint density at radius 1 is 1.19 bits per heavy atom. The maximum absolute atomic E-state index is 12.6. The van der Waals surface area contributed by atoms with Crippen molar-refractivity contribution in [3.63, 3.8) is 0 Å². The van der Waals surface area contributed by atoms with Gasteiger partial charge in [0.05, 0.1) is 30.2 Å². The lowest BCUT2D eigenvalue weighted by Gasteiger charge is -2.27. The van der Waals surface area contributed by atoms with Crippen LogP contribution in [0.5, 0.6) is 0 Å². The topological polar surface area (TPSA) is 109 Å². The smallest absolute Gasteiger partial charge is 0.307 e. The molecule has 1 aliphatic carbocycles. The van der Waals surface area contributed by atoms with Gasteiger partial charge in [0.15, 0.2) is 0 Å². The molecule has 0 aliphatic heterocycles. The van der Waals surface area contributed by atoms with Crippen LogP contribution in [-0.2, 0) is 16.1 Å². The van der Waals surface area contributed by atoms with E-state index in [-0.39, 0.29) is 18.4 Å². The molecule has 0 saturated heterocycles. The minimum atomic E-state index is -0.938. The van der Waals surface area contributed by atoms with Crippen LogP contribution in [0, 0.1) is 11.8 Å². The number of anilines is 1. The molecule has 2 aromatic heterocycles. The Labute approximate surface area is 154 Å². The highest BCUT2D eigenvalue weighted by Crippen LogP contribution is 2.32. The summed E-state index contributed by atoms with van der Waals surface area (Å²) >= 11 is 1.24. The highest BCUT2D eigenvalue weighted by atomic mass is 32.1. The summed E-state index contributed by atoms with van der Waals surface area (Å²) in [6.45, 7) is 0.249. The molecular weight excluding hydrogens is 356 g/mol. The van der Waals surface area contributed by atoms with E-state index in [0.29, 0.717) is 29.2 Å². The first kappa shape index (κ1) is 18.2. The standard InChI is InChI=1S/C18H20N2O5S/c21-15(19-10-11-4-3-8-25-11)14-7-9-26-17(14)20-16(22)12-5-1-2-6-13(12)18(23)24/h3-4,7-9,12-13H,1-2,5-6,10H2,(H,19,21)(H,20,22)(H,23,24). The first-order valence-electron chi connectivity index (χ1n) is 8.48. The molecule has 0 aromatic carbocycles. The molecule has 1 fully saturated rings.